The predicted molar refractivity (Wildman–Crippen MR) is 151 cm³/mol. The number of amides is 2. The Morgan fingerprint density at radius 1 is 1.12 bits per heavy atom. The molecule has 2 amide bonds. The summed E-state index contributed by atoms with van der Waals surface area (Å²) in [6.45, 7) is 3.41. The summed E-state index contributed by atoms with van der Waals surface area (Å²) >= 11 is 0. The van der Waals surface area contributed by atoms with E-state index in [-0.39, 0.29) is 44.7 Å². The lowest BCUT2D eigenvalue weighted by Crippen LogP contribution is -2.49. The first-order chi connectivity index (χ1) is 20.6. The topological polar surface area (TPSA) is 149 Å². The van der Waals surface area contributed by atoms with Crippen molar-refractivity contribution < 1.29 is 32.2 Å². The van der Waals surface area contributed by atoms with E-state index in [2.05, 4.69) is 9.88 Å². The van der Waals surface area contributed by atoms with Crippen LogP contribution in [-0.2, 0) is 9.53 Å². The van der Waals surface area contributed by atoms with Gasteiger partial charge in [-0.05, 0) is 36.8 Å². The molecule has 2 fully saturated rings. The van der Waals surface area contributed by atoms with Crippen LogP contribution in [0.25, 0.3) is 0 Å². The van der Waals surface area contributed by atoms with Crippen LogP contribution in [0, 0.1) is 22.7 Å². The minimum absolute atomic E-state index is 0.0913. The lowest BCUT2D eigenvalue weighted by atomic mass is 10.1. The molecule has 228 valence electrons. The fraction of sp³-hybridized carbons (Fsp3) is 0.414. The summed E-state index contributed by atoms with van der Waals surface area (Å²) < 4.78 is 51.3. The van der Waals surface area contributed by atoms with Crippen LogP contribution in [0.15, 0.2) is 53.9 Å². The van der Waals surface area contributed by atoms with Crippen molar-refractivity contribution >= 4 is 23.8 Å². The van der Waals surface area contributed by atoms with Crippen LogP contribution >= 0.6 is 0 Å². The summed E-state index contributed by atoms with van der Waals surface area (Å²) in [4.78, 5) is 34.0. The van der Waals surface area contributed by atoms with Gasteiger partial charge in [-0.25, -0.2) is 4.98 Å². The SMILES string of the molecule is N#Cc1ccc(N2CCN(C(=O)c3cccc(OCCOC[C@H]4CCN(/C(C=N)=C(/C(N)=O)C(F)(F)F)C4)c3)CC2)nc1. The van der Waals surface area contributed by atoms with Gasteiger partial charge in [-0.15, -0.1) is 0 Å². The van der Waals surface area contributed by atoms with Crippen molar-refractivity contribution in [2.75, 3.05) is 64.0 Å². The molecule has 0 radical (unpaired) electrons. The number of nitriles is 1. The number of primary amides is 1. The van der Waals surface area contributed by atoms with E-state index in [4.69, 9.17) is 25.9 Å². The van der Waals surface area contributed by atoms with Gasteiger partial charge in [0.15, 0.2) is 0 Å². The number of piperazine rings is 1. The molecule has 2 aliphatic heterocycles. The molecule has 0 unspecified atom stereocenters. The molecule has 14 heteroatoms. The number of nitrogens with zero attached hydrogens (tertiary/aromatic N) is 5. The van der Waals surface area contributed by atoms with Crippen molar-refractivity contribution in [1.82, 2.24) is 14.8 Å². The summed E-state index contributed by atoms with van der Waals surface area (Å²) in [6, 6.07) is 12.4. The highest BCUT2D eigenvalue weighted by Crippen LogP contribution is 2.31. The first-order valence-electron chi connectivity index (χ1n) is 13.7. The van der Waals surface area contributed by atoms with E-state index in [1.165, 1.54) is 11.1 Å². The van der Waals surface area contributed by atoms with Crippen molar-refractivity contribution in [1.29, 1.82) is 10.7 Å². The normalized spacial score (nSPS) is 17.7. The Hall–Kier alpha value is -4.64. The van der Waals surface area contributed by atoms with Gasteiger partial charge in [-0.2, -0.15) is 18.4 Å². The number of pyridine rings is 1. The molecule has 0 saturated carbocycles. The molecule has 1 aromatic carbocycles. The van der Waals surface area contributed by atoms with E-state index in [1.807, 2.05) is 6.07 Å². The molecule has 0 bridgehead atoms. The highest BCUT2D eigenvalue weighted by atomic mass is 19.4. The third-order valence-electron chi connectivity index (χ3n) is 7.25. The summed E-state index contributed by atoms with van der Waals surface area (Å²) in [5.41, 5.74) is 3.87. The molecule has 4 rings (SSSR count). The maximum atomic E-state index is 13.3. The highest BCUT2D eigenvalue weighted by molar-refractivity contribution is 5.99. The summed E-state index contributed by atoms with van der Waals surface area (Å²) in [6.07, 6.45) is -2.38. The van der Waals surface area contributed by atoms with Crippen molar-refractivity contribution in [3.8, 4) is 11.8 Å². The number of ether oxygens (including phenoxy) is 2. The molecule has 2 saturated heterocycles. The minimum Gasteiger partial charge on any atom is -0.491 e. The Morgan fingerprint density at radius 3 is 2.51 bits per heavy atom. The molecule has 3 heterocycles. The van der Waals surface area contributed by atoms with Gasteiger partial charge in [-0.1, -0.05) is 6.07 Å². The molecule has 0 spiro atoms. The Balaban J connectivity index is 1.20. The van der Waals surface area contributed by atoms with Gasteiger partial charge in [-0.3, -0.25) is 9.59 Å². The molecular weight excluding hydrogens is 567 g/mol. The number of halogens is 3. The quantitative estimate of drug-likeness (QED) is 0.228. The summed E-state index contributed by atoms with van der Waals surface area (Å²) in [7, 11) is 0. The van der Waals surface area contributed by atoms with E-state index in [9.17, 15) is 22.8 Å². The van der Waals surface area contributed by atoms with E-state index in [0.717, 1.165) is 5.82 Å². The van der Waals surface area contributed by atoms with Crippen molar-refractivity contribution in [2.45, 2.75) is 12.6 Å². The van der Waals surface area contributed by atoms with Gasteiger partial charge in [0.05, 0.1) is 24.5 Å². The third kappa shape index (κ3) is 8.01. The largest absolute Gasteiger partial charge is 0.491 e. The van der Waals surface area contributed by atoms with Gasteiger partial charge >= 0.3 is 6.18 Å². The fourth-order valence-electron chi connectivity index (χ4n) is 5.07. The lowest BCUT2D eigenvalue weighted by molar-refractivity contribution is -0.128. The van der Waals surface area contributed by atoms with Crippen LogP contribution in [0.4, 0.5) is 19.0 Å². The van der Waals surface area contributed by atoms with E-state index in [1.54, 1.807) is 41.3 Å². The number of likely N-dealkylation sites (tertiary alicyclic amines) is 1. The predicted octanol–water partition coefficient (Wildman–Crippen LogP) is 2.58. The maximum absolute atomic E-state index is 13.3. The van der Waals surface area contributed by atoms with Crippen LogP contribution in [0.2, 0.25) is 0 Å². The molecule has 2 aromatic rings. The van der Waals surface area contributed by atoms with Crippen LogP contribution in [-0.4, -0.2) is 98.1 Å². The van der Waals surface area contributed by atoms with Crippen LogP contribution in [0.5, 0.6) is 5.75 Å². The number of anilines is 1. The number of allylic oxidation sites excluding steroid dienone is 1. The Bertz CT molecular complexity index is 1380. The molecule has 43 heavy (non-hydrogen) atoms. The number of hydrogen-bond donors (Lipinski definition) is 2. The zero-order valence-corrected chi connectivity index (χ0v) is 23.3. The van der Waals surface area contributed by atoms with Crippen LogP contribution in [0.1, 0.15) is 22.3 Å². The monoisotopic (exact) mass is 599 g/mol. The molecular formula is C29H32F3N7O4. The third-order valence-corrected chi connectivity index (χ3v) is 7.25. The van der Waals surface area contributed by atoms with Crippen LogP contribution in [0.3, 0.4) is 0 Å². The Labute approximate surface area is 246 Å². The number of benzene rings is 1. The maximum Gasteiger partial charge on any atom is 0.423 e. The van der Waals surface area contributed by atoms with Crippen molar-refractivity contribution in [3.05, 3.63) is 65.0 Å². The number of nitrogens with two attached hydrogens (primary N) is 1. The smallest absolute Gasteiger partial charge is 0.423 e. The Morgan fingerprint density at radius 2 is 1.88 bits per heavy atom. The average Bonchev–Trinajstić information content (AvgIpc) is 3.47. The van der Waals surface area contributed by atoms with E-state index < -0.39 is 23.4 Å². The number of hydrogen-bond acceptors (Lipinski definition) is 9. The van der Waals surface area contributed by atoms with Crippen molar-refractivity contribution in [3.63, 3.8) is 0 Å². The number of aromatic nitrogens is 1. The minimum atomic E-state index is -4.95. The van der Waals surface area contributed by atoms with Gasteiger partial charge < -0.3 is 35.3 Å². The molecule has 2 aliphatic rings. The molecule has 3 N–H and O–H groups in total. The summed E-state index contributed by atoms with van der Waals surface area (Å²) in [5, 5.41) is 16.3. The molecule has 1 atom stereocenters. The second-order valence-corrected chi connectivity index (χ2v) is 10.1. The zero-order chi connectivity index (χ0) is 31.0. The van der Waals surface area contributed by atoms with Crippen LogP contribution < -0.4 is 15.4 Å². The first-order valence-corrected chi connectivity index (χ1v) is 13.7. The molecule has 1 aromatic heterocycles. The fourth-order valence-corrected chi connectivity index (χ4v) is 5.07. The number of carbonyl (C=O) groups is 2. The van der Waals surface area contributed by atoms with Gasteiger partial charge in [0.2, 0.25) is 0 Å². The molecule has 0 aliphatic carbocycles. The second-order valence-electron chi connectivity index (χ2n) is 10.1. The average molecular weight is 600 g/mol. The zero-order valence-electron chi connectivity index (χ0n) is 23.3. The lowest BCUT2D eigenvalue weighted by Gasteiger charge is -2.35. The number of rotatable bonds is 11. The summed E-state index contributed by atoms with van der Waals surface area (Å²) in [5.74, 6) is -0.544. The first kappa shape index (κ1) is 31.3. The van der Waals surface area contributed by atoms with Gasteiger partial charge in [0, 0.05) is 63.2 Å². The van der Waals surface area contributed by atoms with E-state index >= 15 is 0 Å². The Kier molecular flexibility index (Phi) is 10.2. The van der Waals surface area contributed by atoms with Gasteiger partial charge in [0.1, 0.15) is 29.8 Å². The molecule has 11 nitrogen and oxygen atoms in total. The standard InChI is InChI=1S/C29H32F3N7O4/c30-29(31,32)26(27(35)40)24(16-34)39-7-6-21(18-39)19-42-12-13-43-23-3-1-2-22(14-23)28(41)38-10-8-37(9-11-38)25-5-4-20(15-33)17-36-25/h1-5,14,16-17,21,34H,6-13,18-19H2,(H2,35,40)/b26-24-,34-16?/t21-/m0/s1. The van der Waals surface area contributed by atoms with Gasteiger partial charge in [0.25, 0.3) is 11.8 Å². The van der Waals surface area contributed by atoms with E-state index in [0.29, 0.717) is 55.7 Å². The number of alkyl halides is 3. The highest BCUT2D eigenvalue weighted by Gasteiger charge is 2.42. The second kappa shape index (κ2) is 14.0. The number of nitrogens with one attached hydrogen (secondary N) is 1. The number of carbonyl (C=O) groups excluding carboxylic acids is 2. The van der Waals surface area contributed by atoms with Crippen molar-refractivity contribution in [2.24, 2.45) is 11.7 Å².